The highest BCUT2D eigenvalue weighted by Gasteiger charge is 2.29. The summed E-state index contributed by atoms with van der Waals surface area (Å²) in [5.74, 6) is 1.60. The molecule has 132 valence electrons. The SMILES string of the molecule is Cc1ccnc2c1C(O)C=C(NC1=CCCCC=C1)N2c1ccccc1. The van der Waals surface area contributed by atoms with Gasteiger partial charge in [0.25, 0.3) is 0 Å². The summed E-state index contributed by atoms with van der Waals surface area (Å²) in [6, 6.07) is 12.1. The number of benzene rings is 1. The Morgan fingerprint density at radius 3 is 2.85 bits per heavy atom. The van der Waals surface area contributed by atoms with E-state index in [-0.39, 0.29) is 0 Å². The van der Waals surface area contributed by atoms with Crippen LogP contribution in [0.5, 0.6) is 0 Å². The first-order chi connectivity index (χ1) is 12.7. The lowest BCUT2D eigenvalue weighted by atomic mass is 10.00. The smallest absolute Gasteiger partial charge is 0.145 e. The van der Waals surface area contributed by atoms with Crippen LogP contribution in [0.4, 0.5) is 11.5 Å². The second-order valence-corrected chi connectivity index (χ2v) is 6.65. The standard InChI is InChI=1S/C22H23N3O/c1-16-13-14-23-22-21(16)19(26)15-20(24-17-9-5-2-3-6-10-17)25(22)18-11-7-4-8-12-18/h4-5,7-15,19,24,26H,2-3,6H2,1H3. The van der Waals surface area contributed by atoms with Crippen molar-refractivity contribution in [3.63, 3.8) is 0 Å². The monoisotopic (exact) mass is 345 g/mol. The molecule has 2 N–H and O–H groups in total. The van der Waals surface area contributed by atoms with E-state index in [0.717, 1.165) is 53.4 Å². The number of aliphatic hydroxyl groups is 1. The molecule has 0 radical (unpaired) electrons. The predicted octanol–water partition coefficient (Wildman–Crippen LogP) is 4.63. The van der Waals surface area contributed by atoms with E-state index in [1.54, 1.807) is 6.20 Å². The normalized spacial score (nSPS) is 19.3. The molecule has 4 heteroatoms. The molecule has 0 fully saturated rings. The summed E-state index contributed by atoms with van der Waals surface area (Å²) < 4.78 is 0. The number of hydrogen-bond donors (Lipinski definition) is 2. The first-order valence-corrected chi connectivity index (χ1v) is 9.08. The first kappa shape index (κ1) is 16.6. The molecule has 1 unspecified atom stereocenters. The zero-order valence-corrected chi connectivity index (χ0v) is 14.9. The number of para-hydroxylation sites is 1. The van der Waals surface area contributed by atoms with Crippen molar-refractivity contribution in [1.29, 1.82) is 0 Å². The minimum Gasteiger partial charge on any atom is -0.384 e. The number of anilines is 2. The van der Waals surface area contributed by atoms with Crippen molar-refractivity contribution < 1.29 is 5.11 Å². The molecular formula is C22H23N3O. The van der Waals surface area contributed by atoms with Crippen LogP contribution in [0.3, 0.4) is 0 Å². The number of aryl methyl sites for hydroxylation is 1. The minimum absolute atomic E-state index is 0.684. The van der Waals surface area contributed by atoms with Crippen LogP contribution in [0.1, 0.15) is 36.5 Å². The summed E-state index contributed by atoms with van der Waals surface area (Å²) in [6.45, 7) is 2.01. The van der Waals surface area contributed by atoms with Crippen LogP contribution in [-0.2, 0) is 0 Å². The molecule has 26 heavy (non-hydrogen) atoms. The summed E-state index contributed by atoms with van der Waals surface area (Å²) in [7, 11) is 0. The molecule has 4 nitrogen and oxygen atoms in total. The van der Waals surface area contributed by atoms with Gasteiger partial charge in [0.2, 0.25) is 0 Å². The zero-order valence-electron chi connectivity index (χ0n) is 14.9. The molecule has 1 aromatic carbocycles. The van der Waals surface area contributed by atoms with Gasteiger partial charge < -0.3 is 10.4 Å². The number of aromatic nitrogens is 1. The topological polar surface area (TPSA) is 48.4 Å². The van der Waals surface area contributed by atoms with E-state index in [4.69, 9.17) is 0 Å². The van der Waals surface area contributed by atoms with Crippen molar-refractivity contribution in [2.45, 2.75) is 32.3 Å². The molecule has 2 heterocycles. The van der Waals surface area contributed by atoms with Crippen LogP contribution in [0.2, 0.25) is 0 Å². The molecule has 0 amide bonds. The van der Waals surface area contributed by atoms with Gasteiger partial charge in [-0.1, -0.05) is 30.4 Å². The van der Waals surface area contributed by atoms with Crippen molar-refractivity contribution in [3.8, 4) is 0 Å². The Bertz CT molecular complexity index is 884. The number of nitrogens with zero attached hydrogens (tertiary/aromatic N) is 2. The van der Waals surface area contributed by atoms with E-state index in [9.17, 15) is 5.11 Å². The van der Waals surface area contributed by atoms with Gasteiger partial charge in [0.05, 0.1) is 0 Å². The Balaban J connectivity index is 1.80. The van der Waals surface area contributed by atoms with E-state index in [2.05, 4.69) is 45.6 Å². The summed E-state index contributed by atoms with van der Waals surface area (Å²) in [5, 5.41) is 14.2. The van der Waals surface area contributed by atoms with Gasteiger partial charge >= 0.3 is 0 Å². The van der Waals surface area contributed by atoms with E-state index in [1.807, 2.05) is 37.3 Å². The minimum atomic E-state index is -0.684. The maximum Gasteiger partial charge on any atom is 0.145 e. The highest BCUT2D eigenvalue weighted by molar-refractivity contribution is 5.72. The predicted molar refractivity (Wildman–Crippen MR) is 105 cm³/mol. The van der Waals surface area contributed by atoms with Gasteiger partial charge in [0.15, 0.2) is 0 Å². The summed E-state index contributed by atoms with van der Waals surface area (Å²) in [5.41, 5.74) is 3.95. The Morgan fingerprint density at radius 1 is 1.15 bits per heavy atom. The number of aliphatic hydroxyl groups excluding tert-OH is 1. The van der Waals surface area contributed by atoms with Crippen molar-refractivity contribution in [1.82, 2.24) is 10.3 Å². The largest absolute Gasteiger partial charge is 0.384 e. The van der Waals surface area contributed by atoms with Crippen LogP contribution >= 0.6 is 0 Å². The molecule has 0 spiro atoms. The third-order valence-electron chi connectivity index (χ3n) is 4.77. The molecule has 1 aliphatic carbocycles. The number of allylic oxidation sites excluding steroid dienone is 3. The lowest BCUT2D eigenvalue weighted by molar-refractivity contribution is 0.224. The van der Waals surface area contributed by atoms with Gasteiger partial charge in [-0.05, 0) is 62.1 Å². The van der Waals surface area contributed by atoms with Gasteiger partial charge in [-0.3, -0.25) is 4.90 Å². The number of nitrogens with one attached hydrogen (secondary N) is 1. The molecule has 4 rings (SSSR count). The fourth-order valence-electron chi connectivity index (χ4n) is 3.47. The highest BCUT2D eigenvalue weighted by Crippen LogP contribution is 2.39. The van der Waals surface area contributed by atoms with Gasteiger partial charge in [0.1, 0.15) is 17.7 Å². The lowest BCUT2D eigenvalue weighted by Crippen LogP contribution is -2.32. The molecule has 0 saturated carbocycles. The third-order valence-corrected chi connectivity index (χ3v) is 4.77. The van der Waals surface area contributed by atoms with E-state index in [1.165, 1.54) is 0 Å². The van der Waals surface area contributed by atoms with Crippen LogP contribution < -0.4 is 10.2 Å². The van der Waals surface area contributed by atoms with E-state index >= 15 is 0 Å². The molecule has 1 aromatic heterocycles. The van der Waals surface area contributed by atoms with Gasteiger partial charge in [-0.15, -0.1) is 0 Å². The molecule has 2 aromatic rings. The molecule has 1 atom stereocenters. The maximum absolute atomic E-state index is 10.7. The van der Waals surface area contributed by atoms with Gasteiger partial charge in [-0.25, -0.2) is 4.98 Å². The molecule has 0 saturated heterocycles. The lowest BCUT2D eigenvalue weighted by Gasteiger charge is -2.34. The maximum atomic E-state index is 10.7. The fourth-order valence-corrected chi connectivity index (χ4v) is 3.47. The summed E-state index contributed by atoms with van der Waals surface area (Å²) in [6.07, 6.45) is 12.8. The molecular weight excluding hydrogens is 322 g/mol. The van der Waals surface area contributed by atoms with Crippen molar-refractivity contribution >= 4 is 11.5 Å². The number of rotatable bonds is 3. The molecule has 2 aliphatic rings. The highest BCUT2D eigenvalue weighted by atomic mass is 16.3. The Morgan fingerprint density at radius 2 is 2.00 bits per heavy atom. The Hall–Kier alpha value is -2.85. The third kappa shape index (κ3) is 3.16. The quantitative estimate of drug-likeness (QED) is 0.851. The summed E-state index contributed by atoms with van der Waals surface area (Å²) in [4.78, 5) is 6.68. The van der Waals surface area contributed by atoms with Crippen molar-refractivity contribution in [2.75, 3.05) is 4.90 Å². The van der Waals surface area contributed by atoms with Crippen molar-refractivity contribution in [3.05, 3.63) is 89.5 Å². The number of hydrogen-bond acceptors (Lipinski definition) is 4. The van der Waals surface area contributed by atoms with E-state index in [0.29, 0.717) is 0 Å². The molecule has 0 bridgehead atoms. The molecule has 1 aliphatic heterocycles. The van der Waals surface area contributed by atoms with Crippen LogP contribution in [0.25, 0.3) is 0 Å². The van der Waals surface area contributed by atoms with Crippen molar-refractivity contribution in [2.24, 2.45) is 0 Å². The first-order valence-electron chi connectivity index (χ1n) is 9.08. The van der Waals surface area contributed by atoms with Gasteiger partial charge in [0, 0.05) is 23.1 Å². The Labute approximate surface area is 154 Å². The zero-order chi connectivity index (χ0) is 17.9. The average Bonchev–Trinajstić information content (AvgIpc) is 2.91. The number of pyridine rings is 1. The Kier molecular flexibility index (Phi) is 4.59. The van der Waals surface area contributed by atoms with Crippen LogP contribution in [0.15, 0.2) is 78.4 Å². The second kappa shape index (κ2) is 7.18. The number of fused-ring (bicyclic) bond motifs is 1. The second-order valence-electron chi connectivity index (χ2n) is 6.65. The van der Waals surface area contributed by atoms with Crippen LogP contribution in [-0.4, -0.2) is 10.1 Å². The van der Waals surface area contributed by atoms with Gasteiger partial charge in [-0.2, -0.15) is 0 Å². The fraction of sp³-hybridized carbons (Fsp3) is 0.227. The van der Waals surface area contributed by atoms with Crippen LogP contribution in [0, 0.1) is 6.92 Å². The van der Waals surface area contributed by atoms with E-state index < -0.39 is 6.10 Å². The average molecular weight is 345 g/mol. The summed E-state index contributed by atoms with van der Waals surface area (Å²) >= 11 is 0.